The van der Waals surface area contributed by atoms with Gasteiger partial charge in [-0.1, -0.05) is 39.8 Å². The third-order valence-corrected chi connectivity index (χ3v) is 7.57. The molecule has 1 fully saturated rings. The van der Waals surface area contributed by atoms with Gasteiger partial charge in [0.05, 0.1) is 7.11 Å². The monoisotopic (exact) mass is 558 g/mol. The number of nitrogens with one attached hydrogen (secondary N) is 1. The third-order valence-electron chi connectivity index (χ3n) is 7.57. The van der Waals surface area contributed by atoms with Crippen LogP contribution in [-0.4, -0.2) is 80.8 Å². The number of benzene rings is 2. The predicted octanol–water partition coefficient (Wildman–Crippen LogP) is 4.02. The van der Waals surface area contributed by atoms with E-state index in [2.05, 4.69) is 54.9 Å². The number of hydrogen-bond donors (Lipinski definition) is 4. The lowest BCUT2D eigenvalue weighted by Gasteiger charge is -2.40. The van der Waals surface area contributed by atoms with E-state index < -0.39 is 18.6 Å². The highest BCUT2D eigenvalue weighted by Crippen LogP contribution is 2.38. The van der Waals surface area contributed by atoms with Gasteiger partial charge < -0.3 is 30.9 Å². The lowest BCUT2D eigenvalue weighted by molar-refractivity contribution is 0.0555. The molecular weight excluding hydrogens is 504 g/mol. The molecule has 1 aliphatic heterocycles. The number of nitrogens with zero attached hydrogens (tertiary/aromatic N) is 3. The molecule has 1 saturated heterocycles. The largest absolute Gasteiger partial charge is 0.507 e. The fraction of sp³-hybridized carbons (Fsp3) is 0.613. The van der Waals surface area contributed by atoms with Crippen molar-refractivity contribution in [1.29, 1.82) is 0 Å². The summed E-state index contributed by atoms with van der Waals surface area (Å²) in [5.41, 5.74) is 17.2. The van der Waals surface area contributed by atoms with Crippen LogP contribution in [0, 0.1) is 0 Å². The van der Waals surface area contributed by atoms with Gasteiger partial charge in [-0.3, -0.25) is 15.1 Å². The summed E-state index contributed by atoms with van der Waals surface area (Å²) in [6, 6.07) is 12.5. The molecule has 1 heterocycles. The number of ether oxygens (including phenoxy) is 2. The molecule has 0 amide bonds. The van der Waals surface area contributed by atoms with Crippen LogP contribution in [0.2, 0.25) is 0 Å². The van der Waals surface area contributed by atoms with E-state index in [0.717, 1.165) is 44.0 Å². The Kier molecular flexibility index (Phi) is 13.6. The van der Waals surface area contributed by atoms with Crippen LogP contribution in [0.4, 0.5) is 5.69 Å². The molecular formula is C31H54N6O3. The topological polar surface area (TPSA) is 112 Å². The van der Waals surface area contributed by atoms with Crippen LogP contribution < -0.4 is 26.4 Å². The second kappa shape index (κ2) is 16.1. The maximum atomic E-state index is 10.9. The maximum Gasteiger partial charge on any atom is 0.141 e. The lowest BCUT2D eigenvalue weighted by Crippen LogP contribution is -2.58. The number of hydrogen-bond acceptors (Lipinski definition) is 9. The van der Waals surface area contributed by atoms with Crippen LogP contribution in [0.1, 0.15) is 70.3 Å². The Bertz CT molecular complexity index is 1000. The number of likely N-dealkylation sites (N-methyl/N-ethyl adjacent to an activating group) is 1. The third kappa shape index (κ3) is 8.31. The summed E-state index contributed by atoms with van der Waals surface area (Å²) in [5.74, 6) is 0.878. The molecule has 9 nitrogen and oxygen atoms in total. The molecule has 0 aliphatic carbocycles. The van der Waals surface area contributed by atoms with E-state index in [4.69, 9.17) is 20.9 Å². The highest BCUT2D eigenvalue weighted by atomic mass is 16.5. The Morgan fingerprint density at radius 1 is 0.950 bits per heavy atom. The summed E-state index contributed by atoms with van der Waals surface area (Å²) < 4.78 is 11.1. The summed E-state index contributed by atoms with van der Waals surface area (Å²) in [6.07, 6.45) is -1.84. The van der Waals surface area contributed by atoms with Crippen LogP contribution >= 0.6 is 0 Å². The van der Waals surface area contributed by atoms with Gasteiger partial charge in [0.15, 0.2) is 0 Å². The lowest BCUT2D eigenvalue weighted by atomic mass is 9.97. The molecule has 0 aromatic heterocycles. The molecule has 9 heteroatoms. The fourth-order valence-corrected chi connectivity index (χ4v) is 5.18. The van der Waals surface area contributed by atoms with Gasteiger partial charge in [0.1, 0.15) is 30.1 Å². The number of rotatable bonds is 12. The molecule has 3 atom stereocenters. The molecule has 2 aromatic carbocycles. The maximum absolute atomic E-state index is 10.9. The molecule has 0 bridgehead atoms. The molecule has 0 saturated carbocycles. The number of aromatic hydroxyl groups is 1. The first-order valence-corrected chi connectivity index (χ1v) is 14.6. The molecule has 0 radical (unpaired) electrons. The zero-order valence-corrected chi connectivity index (χ0v) is 26.1. The van der Waals surface area contributed by atoms with Crippen molar-refractivity contribution < 1.29 is 14.6 Å². The average molecular weight is 559 g/mol. The zero-order chi connectivity index (χ0) is 30.0. The van der Waals surface area contributed by atoms with Gasteiger partial charge in [-0.2, -0.15) is 0 Å². The summed E-state index contributed by atoms with van der Waals surface area (Å²) in [5, 5.41) is 14.0. The Labute approximate surface area is 242 Å². The van der Waals surface area contributed by atoms with Crippen LogP contribution in [-0.2, 0) is 11.3 Å². The van der Waals surface area contributed by atoms with E-state index in [0.29, 0.717) is 17.4 Å². The summed E-state index contributed by atoms with van der Waals surface area (Å²) in [4.78, 5) is 6.91. The van der Waals surface area contributed by atoms with Crippen LogP contribution in [0.15, 0.2) is 36.4 Å². The number of phenolic OH excluding ortho intramolecular Hbond substituents is 1. The van der Waals surface area contributed by atoms with Crippen LogP contribution in [0.5, 0.6) is 11.5 Å². The first kappa shape index (κ1) is 33.8. The number of piperazine rings is 1. The Balaban J connectivity index is 0.00000274. The molecule has 1 aliphatic rings. The first-order valence-electron chi connectivity index (χ1n) is 14.6. The van der Waals surface area contributed by atoms with E-state index in [9.17, 15) is 5.11 Å². The first-order chi connectivity index (χ1) is 19.1. The van der Waals surface area contributed by atoms with Crippen molar-refractivity contribution in [3.63, 3.8) is 0 Å². The molecule has 40 heavy (non-hydrogen) atoms. The predicted molar refractivity (Wildman–Crippen MR) is 166 cm³/mol. The average Bonchev–Trinajstić information content (AvgIpc) is 2.95. The van der Waals surface area contributed by atoms with Crippen molar-refractivity contribution in [2.45, 2.75) is 78.6 Å². The number of phenols is 1. The van der Waals surface area contributed by atoms with Crippen molar-refractivity contribution in [3.05, 3.63) is 53.1 Å². The van der Waals surface area contributed by atoms with Gasteiger partial charge in [0, 0.05) is 63.2 Å². The van der Waals surface area contributed by atoms with Gasteiger partial charge in [-0.25, -0.2) is 0 Å². The zero-order valence-electron chi connectivity index (χ0n) is 26.1. The molecule has 2 aromatic rings. The minimum absolute atomic E-state index is 0.0616. The van der Waals surface area contributed by atoms with Crippen molar-refractivity contribution in [3.8, 4) is 11.5 Å². The normalized spacial score (nSPS) is 16.8. The molecule has 226 valence electrons. The standard InChI is InChI=1S/C29H48N6O3.C2H6/c1-19(2)23-16-24(25(36)17-26(23)37-6)27(30)35(28(31)29(32-5)38-7)22-10-8-21(9-11-22)18-33-12-14-34(15-13-33)20(3)4;1-2/h8-11,16-17,19-20,27-29,32,36H,12-15,18,30-31H2,1-7H3;1-2H3. The molecule has 3 rings (SSSR count). The number of nitrogens with two attached hydrogens (primary N) is 2. The quantitative estimate of drug-likeness (QED) is 0.287. The second-order valence-electron chi connectivity index (χ2n) is 10.7. The molecule has 0 spiro atoms. The Hall–Kier alpha value is -2.40. The van der Waals surface area contributed by atoms with Crippen molar-refractivity contribution in [2.24, 2.45) is 11.5 Å². The van der Waals surface area contributed by atoms with E-state index in [1.807, 2.05) is 36.9 Å². The van der Waals surface area contributed by atoms with Crippen LogP contribution in [0.25, 0.3) is 0 Å². The SMILES string of the molecule is CC.CNC(OC)C(N)N(c1ccc(CN2CCN(C(C)C)CC2)cc1)C(N)c1cc(C(C)C)c(OC)cc1O. The van der Waals surface area contributed by atoms with Crippen molar-refractivity contribution in [1.82, 2.24) is 15.1 Å². The van der Waals surface area contributed by atoms with Gasteiger partial charge in [-0.05, 0) is 56.1 Å². The van der Waals surface area contributed by atoms with E-state index >= 15 is 0 Å². The van der Waals surface area contributed by atoms with Gasteiger partial charge in [-0.15, -0.1) is 0 Å². The molecule has 6 N–H and O–H groups in total. The van der Waals surface area contributed by atoms with Crippen molar-refractivity contribution in [2.75, 3.05) is 52.3 Å². The summed E-state index contributed by atoms with van der Waals surface area (Å²) in [6.45, 7) is 17.9. The Morgan fingerprint density at radius 3 is 2.02 bits per heavy atom. The highest BCUT2D eigenvalue weighted by molar-refractivity contribution is 5.55. The van der Waals surface area contributed by atoms with E-state index in [-0.39, 0.29) is 11.7 Å². The van der Waals surface area contributed by atoms with E-state index in [1.165, 1.54) is 5.56 Å². The smallest absolute Gasteiger partial charge is 0.141 e. The van der Waals surface area contributed by atoms with E-state index in [1.54, 1.807) is 27.3 Å². The number of methoxy groups -OCH3 is 2. The van der Waals surface area contributed by atoms with Crippen molar-refractivity contribution >= 4 is 5.69 Å². The van der Waals surface area contributed by atoms with Crippen LogP contribution in [0.3, 0.4) is 0 Å². The second-order valence-corrected chi connectivity index (χ2v) is 10.7. The minimum atomic E-state index is -0.727. The number of anilines is 1. The minimum Gasteiger partial charge on any atom is -0.507 e. The van der Waals surface area contributed by atoms with Gasteiger partial charge in [0.25, 0.3) is 0 Å². The molecule has 3 unspecified atom stereocenters. The van der Waals surface area contributed by atoms with Gasteiger partial charge in [0.2, 0.25) is 0 Å². The Morgan fingerprint density at radius 2 is 1.55 bits per heavy atom. The summed E-state index contributed by atoms with van der Waals surface area (Å²) in [7, 11) is 5.00. The fourth-order valence-electron chi connectivity index (χ4n) is 5.18. The van der Waals surface area contributed by atoms with Gasteiger partial charge >= 0.3 is 0 Å². The highest BCUT2D eigenvalue weighted by Gasteiger charge is 2.31. The summed E-state index contributed by atoms with van der Waals surface area (Å²) >= 11 is 0.